The number of nitrogens with zero attached hydrogens (tertiary/aromatic N) is 1. The van der Waals surface area contributed by atoms with Crippen LogP contribution in [0, 0.1) is 6.92 Å². The van der Waals surface area contributed by atoms with Crippen molar-refractivity contribution in [1.82, 2.24) is 0 Å². The zero-order valence-corrected chi connectivity index (χ0v) is 17.6. The van der Waals surface area contributed by atoms with Crippen LogP contribution in [0.1, 0.15) is 28.5 Å². The van der Waals surface area contributed by atoms with Crippen molar-refractivity contribution in [2.75, 3.05) is 6.61 Å². The lowest BCUT2D eigenvalue weighted by Gasteiger charge is -2.13. The summed E-state index contributed by atoms with van der Waals surface area (Å²) < 4.78 is 17.0. The summed E-state index contributed by atoms with van der Waals surface area (Å²) >= 11 is 1.47. The molecule has 1 aromatic heterocycles. The lowest BCUT2D eigenvalue weighted by Crippen LogP contribution is -2.03. The maximum atomic E-state index is 12.2. The summed E-state index contributed by atoms with van der Waals surface area (Å²) in [5, 5.41) is 1.91. The number of rotatable bonds is 7. The van der Waals surface area contributed by atoms with Gasteiger partial charge in [0.2, 0.25) is 5.90 Å². The number of carbonyl (C=O) groups is 1. The minimum Gasteiger partial charge on any atom is -0.490 e. The Bertz CT molecular complexity index is 1100. The van der Waals surface area contributed by atoms with Crippen molar-refractivity contribution in [2.24, 2.45) is 4.99 Å². The summed E-state index contributed by atoms with van der Waals surface area (Å²) in [5.74, 6) is 1.14. The highest BCUT2D eigenvalue weighted by atomic mass is 32.1. The minimum atomic E-state index is -0.462. The van der Waals surface area contributed by atoms with Gasteiger partial charge in [0.05, 0.1) is 11.5 Å². The van der Waals surface area contributed by atoms with Crippen LogP contribution in [0.3, 0.4) is 0 Å². The highest BCUT2D eigenvalue weighted by Gasteiger charge is 2.24. The van der Waals surface area contributed by atoms with Crippen molar-refractivity contribution in [3.8, 4) is 11.5 Å². The van der Waals surface area contributed by atoms with Crippen LogP contribution in [0.15, 0.2) is 70.7 Å². The Morgan fingerprint density at radius 3 is 2.63 bits per heavy atom. The summed E-state index contributed by atoms with van der Waals surface area (Å²) in [6, 6.07) is 17.5. The number of thiophene rings is 1. The van der Waals surface area contributed by atoms with Crippen molar-refractivity contribution in [3.63, 3.8) is 0 Å². The molecule has 0 amide bonds. The number of cyclic esters (lactones) is 1. The largest absolute Gasteiger partial charge is 0.490 e. The van der Waals surface area contributed by atoms with Crippen molar-refractivity contribution in [3.05, 3.63) is 87.2 Å². The predicted octanol–water partition coefficient (Wildman–Crippen LogP) is 5.38. The average molecular weight is 420 g/mol. The zero-order chi connectivity index (χ0) is 20.9. The third kappa shape index (κ3) is 4.60. The average Bonchev–Trinajstić information content (AvgIpc) is 3.39. The number of aliphatic imine (C=N–C) groups is 1. The SMILES string of the molecule is CCOc1cc(/C=C2\N=C(c3cccs3)OC2=O)ccc1OCc1ccc(C)cc1. The fourth-order valence-corrected chi connectivity index (χ4v) is 3.57. The molecule has 0 saturated carbocycles. The normalized spacial score (nSPS) is 14.5. The first-order valence-electron chi connectivity index (χ1n) is 9.64. The van der Waals surface area contributed by atoms with E-state index >= 15 is 0 Å². The van der Waals surface area contributed by atoms with Crippen LogP contribution in [-0.4, -0.2) is 18.5 Å². The number of esters is 1. The Labute approximate surface area is 179 Å². The summed E-state index contributed by atoms with van der Waals surface area (Å²) in [6.07, 6.45) is 1.69. The molecule has 0 bridgehead atoms. The molecule has 1 aliphatic rings. The van der Waals surface area contributed by atoms with Gasteiger partial charge >= 0.3 is 5.97 Å². The standard InChI is InChI=1S/C24H21NO4S/c1-3-27-21-14-18(10-11-20(21)28-15-17-8-6-16(2)7-9-17)13-19-24(26)29-23(25-19)22-5-4-12-30-22/h4-14H,3,15H2,1-2H3/b19-13-. The van der Waals surface area contributed by atoms with Gasteiger partial charge in [-0.3, -0.25) is 0 Å². The van der Waals surface area contributed by atoms with Gasteiger partial charge in [0.15, 0.2) is 17.2 Å². The van der Waals surface area contributed by atoms with Gasteiger partial charge in [0.1, 0.15) is 6.61 Å². The van der Waals surface area contributed by atoms with Crippen LogP contribution in [0.25, 0.3) is 6.08 Å². The summed E-state index contributed by atoms with van der Waals surface area (Å²) in [4.78, 5) is 17.3. The van der Waals surface area contributed by atoms with Crippen molar-refractivity contribution in [1.29, 1.82) is 0 Å². The molecule has 0 aliphatic carbocycles. The van der Waals surface area contributed by atoms with E-state index in [9.17, 15) is 4.79 Å². The predicted molar refractivity (Wildman–Crippen MR) is 118 cm³/mol. The maximum absolute atomic E-state index is 12.2. The fourth-order valence-electron chi connectivity index (χ4n) is 2.92. The first-order chi connectivity index (χ1) is 14.6. The third-order valence-corrected chi connectivity index (χ3v) is 5.30. The molecule has 0 unspecified atom stereocenters. The molecule has 0 spiro atoms. The van der Waals surface area contributed by atoms with Crippen molar-refractivity contribution >= 4 is 29.3 Å². The smallest absolute Gasteiger partial charge is 0.363 e. The van der Waals surface area contributed by atoms with Crippen molar-refractivity contribution in [2.45, 2.75) is 20.5 Å². The second kappa shape index (κ2) is 8.97. The molecule has 30 heavy (non-hydrogen) atoms. The summed E-state index contributed by atoms with van der Waals surface area (Å²) in [7, 11) is 0. The second-order valence-electron chi connectivity index (χ2n) is 6.73. The molecule has 2 aromatic carbocycles. The molecule has 1 aliphatic heterocycles. The van der Waals surface area contributed by atoms with E-state index in [-0.39, 0.29) is 5.70 Å². The zero-order valence-electron chi connectivity index (χ0n) is 16.8. The van der Waals surface area contributed by atoms with Gasteiger partial charge in [-0.2, -0.15) is 0 Å². The monoisotopic (exact) mass is 419 g/mol. The Morgan fingerprint density at radius 1 is 1.07 bits per heavy atom. The lowest BCUT2D eigenvalue weighted by molar-refractivity contribution is -0.129. The van der Waals surface area contributed by atoms with Crippen LogP contribution in [0.5, 0.6) is 11.5 Å². The highest BCUT2D eigenvalue weighted by molar-refractivity contribution is 7.12. The number of hydrogen-bond donors (Lipinski definition) is 0. The van der Waals surface area contributed by atoms with Crippen LogP contribution < -0.4 is 9.47 Å². The van der Waals surface area contributed by atoms with Gasteiger partial charge in [0.25, 0.3) is 0 Å². The molecule has 4 rings (SSSR count). The summed E-state index contributed by atoms with van der Waals surface area (Å²) in [5.41, 5.74) is 3.33. The summed E-state index contributed by atoms with van der Waals surface area (Å²) in [6.45, 7) is 4.92. The molecule has 0 radical (unpaired) electrons. The molecule has 3 aromatic rings. The number of ether oxygens (including phenoxy) is 3. The Balaban J connectivity index is 1.54. The molecular formula is C24H21NO4S. The molecule has 5 nitrogen and oxygen atoms in total. The Hall–Kier alpha value is -3.38. The van der Waals surface area contributed by atoms with Gasteiger partial charge < -0.3 is 14.2 Å². The minimum absolute atomic E-state index is 0.258. The first-order valence-corrected chi connectivity index (χ1v) is 10.5. The van der Waals surface area contributed by atoms with E-state index in [1.54, 1.807) is 6.08 Å². The van der Waals surface area contributed by atoms with Gasteiger partial charge in [-0.25, -0.2) is 9.79 Å². The van der Waals surface area contributed by atoms with E-state index in [0.717, 1.165) is 16.0 Å². The van der Waals surface area contributed by atoms with Crippen molar-refractivity contribution < 1.29 is 19.0 Å². The number of carbonyl (C=O) groups excluding carboxylic acids is 1. The van der Waals surface area contributed by atoms with E-state index in [2.05, 4.69) is 24.0 Å². The topological polar surface area (TPSA) is 57.1 Å². The number of hydrogen-bond acceptors (Lipinski definition) is 6. The van der Waals surface area contributed by atoms with Gasteiger partial charge in [0, 0.05) is 0 Å². The molecule has 152 valence electrons. The fraction of sp³-hybridized carbons (Fsp3) is 0.167. The Morgan fingerprint density at radius 2 is 1.90 bits per heavy atom. The number of benzene rings is 2. The van der Waals surface area contributed by atoms with E-state index in [0.29, 0.717) is 30.6 Å². The quantitative estimate of drug-likeness (QED) is 0.381. The molecule has 0 fully saturated rings. The molecule has 0 N–H and O–H groups in total. The highest BCUT2D eigenvalue weighted by Crippen LogP contribution is 2.31. The molecule has 0 atom stereocenters. The van der Waals surface area contributed by atoms with E-state index in [1.807, 2.05) is 54.8 Å². The molecular weight excluding hydrogens is 398 g/mol. The van der Waals surface area contributed by atoms with E-state index in [4.69, 9.17) is 14.2 Å². The van der Waals surface area contributed by atoms with Gasteiger partial charge in [-0.1, -0.05) is 42.0 Å². The second-order valence-corrected chi connectivity index (χ2v) is 7.67. The Kier molecular flexibility index (Phi) is 5.95. The van der Waals surface area contributed by atoms with Gasteiger partial charge in [-0.15, -0.1) is 11.3 Å². The molecule has 0 saturated heterocycles. The maximum Gasteiger partial charge on any atom is 0.363 e. The van der Waals surface area contributed by atoms with E-state index < -0.39 is 5.97 Å². The first kappa shape index (κ1) is 19.9. The van der Waals surface area contributed by atoms with Crippen LogP contribution >= 0.6 is 11.3 Å². The van der Waals surface area contributed by atoms with Crippen LogP contribution in [0.2, 0.25) is 0 Å². The van der Waals surface area contributed by atoms with Crippen LogP contribution in [0.4, 0.5) is 0 Å². The van der Waals surface area contributed by atoms with Crippen LogP contribution in [-0.2, 0) is 16.1 Å². The van der Waals surface area contributed by atoms with E-state index in [1.165, 1.54) is 16.9 Å². The molecule has 6 heteroatoms. The molecule has 2 heterocycles. The third-order valence-electron chi connectivity index (χ3n) is 4.44. The van der Waals surface area contributed by atoms with Gasteiger partial charge in [-0.05, 0) is 54.6 Å². The lowest BCUT2D eigenvalue weighted by atomic mass is 10.1. The number of aryl methyl sites for hydroxylation is 1.